The highest BCUT2D eigenvalue weighted by atomic mass is 19.4. The Balaban J connectivity index is 2.54. The fraction of sp³-hybridized carbons (Fsp3) is 1.00. The summed E-state index contributed by atoms with van der Waals surface area (Å²) in [5, 5.41) is 2.57. The van der Waals surface area contributed by atoms with Crippen LogP contribution in [0.1, 0.15) is 32.6 Å². The van der Waals surface area contributed by atoms with Crippen LogP contribution in [0.5, 0.6) is 0 Å². The molecular formula is C12H23F3N2. The van der Waals surface area contributed by atoms with Gasteiger partial charge in [-0.3, -0.25) is 0 Å². The standard InChI is InChI=1S/C12H23F3N2/c1-10-5-4-6-11(7-10,17(2)3)8-16-9-12(13,14)15/h10,16H,4-9H2,1-3H3. The van der Waals surface area contributed by atoms with E-state index >= 15 is 0 Å². The molecule has 1 saturated carbocycles. The number of rotatable bonds is 4. The summed E-state index contributed by atoms with van der Waals surface area (Å²) in [4.78, 5) is 2.09. The zero-order valence-corrected chi connectivity index (χ0v) is 10.9. The van der Waals surface area contributed by atoms with Crippen LogP contribution >= 0.6 is 0 Å². The minimum atomic E-state index is -4.12. The van der Waals surface area contributed by atoms with Gasteiger partial charge < -0.3 is 10.2 Å². The van der Waals surface area contributed by atoms with E-state index in [9.17, 15) is 13.2 Å². The molecule has 0 spiro atoms. The van der Waals surface area contributed by atoms with Crippen molar-refractivity contribution in [3.05, 3.63) is 0 Å². The predicted molar refractivity (Wildman–Crippen MR) is 63.0 cm³/mol. The summed E-state index contributed by atoms with van der Waals surface area (Å²) < 4.78 is 36.4. The van der Waals surface area contributed by atoms with Crippen LogP contribution in [0.2, 0.25) is 0 Å². The highest BCUT2D eigenvalue weighted by Gasteiger charge is 2.37. The molecule has 0 aliphatic heterocycles. The molecule has 0 aromatic heterocycles. The molecule has 1 aliphatic rings. The average molecular weight is 252 g/mol. The monoisotopic (exact) mass is 252 g/mol. The molecule has 2 nitrogen and oxygen atoms in total. The Kier molecular flexibility index (Phi) is 4.84. The molecule has 1 rings (SSSR count). The number of alkyl halides is 3. The summed E-state index contributed by atoms with van der Waals surface area (Å²) in [5.41, 5.74) is -0.108. The third kappa shape index (κ3) is 4.47. The van der Waals surface area contributed by atoms with Gasteiger partial charge in [-0.15, -0.1) is 0 Å². The Morgan fingerprint density at radius 1 is 1.35 bits per heavy atom. The van der Waals surface area contributed by atoms with E-state index in [0.29, 0.717) is 12.5 Å². The van der Waals surface area contributed by atoms with Gasteiger partial charge >= 0.3 is 6.18 Å². The second-order valence-electron chi connectivity index (χ2n) is 5.54. The lowest BCUT2D eigenvalue weighted by Gasteiger charge is -2.45. The molecule has 1 N–H and O–H groups in total. The topological polar surface area (TPSA) is 15.3 Å². The molecule has 0 radical (unpaired) electrons. The van der Waals surface area contributed by atoms with Gasteiger partial charge in [-0.25, -0.2) is 0 Å². The van der Waals surface area contributed by atoms with E-state index in [0.717, 1.165) is 19.3 Å². The fourth-order valence-electron chi connectivity index (χ4n) is 2.79. The number of hydrogen-bond donors (Lipinski definition) is 1. The van der Waals surface area contributed by atoms with Crippen LogP contribution in [0.25, 0.3) is 0 Å². The van der Waals surface area contributed by atoms with Gasteiger partial charge in [0.15, 0.2) is 0 Å². The first-order valence-corrected chi connectivity index (χ1v) is 6.20. The lowest BCUT2D eigenvalue weighted by molar-refractivity contribution is -0.126. The molecule has 2 unspecified atom stereocenters. The quantitative estimate of drug-likeness (QED) is 0.827. The molecule has 0 heterocycles. The predicted octanol–water partition coefficient (Wildman–Crippen LogP) is 2.65. The van der Waals surface area contributed by atoms with Gasteiger partial charge in [-0.2, -0.15) is 13.2 Å². The van der Waals surface area contributed by atoms with Crippen LogP contribution < -0.4 is 5.32 Å². The Hall–Kier alpha value is -0.290. The van der Waals surface area contributed by atoms with Crippen molar-refractivity contribution in [1.29, 1.82) is 0 Å². The van der Waals surface area contributed by atoms with E-state index < -0.39 is 12.7 Å². The Labute approximate surface area is 102 Å². The summed E-state index contributed by atoms with van der Waals surface area (Å²) in [5.74, 6) is 0.596. The van der Waals surface area contributed by atoms with Crippen molar-refractivity contribution in [2.75, 3.05) is 27.2 Å². The summed E-state index contributed by atoms with van der Waals surface area (Å²) >= 11 is 0. The largest absolute Gasteiger partial charge is 0.401 e. The number of nitrogens with one attached hydrogen (secondary N) is 1. The number of nitrogens with zero attached hydrogens (tertiary/aromatic N) is 1. The van der Waals surface area contributed by atoms with Crippen molar-refractivity contribution >= 4 is 0 Å². The van der Waals surface area contributed by atoms with E-state index in [1.807, 2.05) is 14.1 Å². The molecule has 1 aliphatic carbocycles. The van der Waals surface area contributed by atoms with Crippen LogP contribution in [-0.2, 0) is 0 Å². The molecular weight excluding hydrogens is 229 g/mol. The van der Waals surface area contributed by atoms with E-state index in [2.05, 4.69) is 17.1 Å². The summed E-state index contributed by atoms with van der Waals surface area (Å²) in [6, 6.07) is 0. The van der Waals surface area contributed by atoms with Gasteiger partial charge in [0, 0.05) is 12.1 Å². The number of halogens is 3. The molecule has 102 valence electrons. The Morgan fingerprint density at radius 2 is 2.00 bits per heavy atom. The molecule has 0 bridgehead atoms. The van der Waals surface area contributed by atoms with Crippen LogP contribution in [-0.4, -0.2) is 43.8 Å². The highest BCUT2D eigenvalue weighted by Crippen LogP contribution is 2.35. The zero-order chi connectivity index (χ0) is 13.1. The maximum absolute atomic E-state index is 12.1. The molecule has 0 aromatic carbocycles. The van der Waals surface area contributed by atoms with Gasteiger partial charge in [0.05, 0.1) is 6.54 Å². The minimum absolute atomic E-state index is 0.108. The first-order valence-electron chi connectivity index (χ1n) is 6.20. The first-order chi connectivity index (χ1) is 7.75. The fourth-order valence-corrected chi connectivity index (χ4v) is 2.79. The molecule has 0 saturated heterocycles. The van der Waals surface area contributed by atoms with Crippen LogP contribution in [0.15, 0.2) is 0 Å². The molecule has 17 heavy (non-hydrogen) atoms. The van der Waals surface area contributed by atoms with Gasteiger partial charge in [0.2, 0.25) is 0 Å². The Morgan fingerprint density at radius 3 is 2.47 bits per heavy atom. The summed E-state index contributed by atoms with van der Waals surface area (Å²) in [7, 11) is 3.93. The van der Waals surface area contributed by atoms with Crippen molar-refractivity contribution < 1.29 is 13.2 Å². The van der Waals surface area contributed by atoms with Crippen LogP contribution in [0, 0.1) is 5.92 Å². The third-order valence-electron chi connectivity index (χ3n) is 3.80. The first kappa shape index (κ1) is 14.8. The van der Waals surface area contributed by atoms with E-state index in [1.165, 1.54) is 6.42 Å². The molecule has 0 amide bonds. The summed E-state index contributed by atoms with van der Waals surface area (Å²) in [6.07, 6.45) is 0.135. The average Bonchev–Trinajstić information content (AvgIpc) is 2.15. The summed E-state index contributed by atoms with van der Waals surface area (Å²) in [6.45, 7) is 1.71. The van der Waals surface area contributed by atoms with E-state index in [-0.39, 0.29) is 5.54 Å². The Bertz CT molecular complexity index is 240. The molecule has 2 atom stereocenters. The van der Waals surface area contributed by atoms with Gasteiger partial charge in [-0.05, 0) is 32.9 Å². The van der Waals surface area contributed by atoms with E-state index in [1.54, 1.807) is 0 Å². The van der Waals surface area contributed by atoms with Crippen molar-refractivity contribution in [2.45, 2.75) is 44.3 Å². The lowest BCUT2D eigenvalue weighted by Crippen LogP contribution is -2.55. The highest BCUT2D eigenvalue weighted by molar-refractivity contribution is 4.94. The van der Waals surface area contributed by atoms with Crippen molar-refractivity contribution in [2.24, 2.45) is 5.92 Å². The van der Waals surface area contributed by atoms with Crippen LogP contribution in [0.4, 0.5) is 13.2 Å². The molecule has 0 aromatic rings. The second-order valence-corrected chi connectivity index (χ2v) is 5.54. The normalized spacial score (nSPS) is 30.9. The number of likely N-dealkylation sites (N-methyl/N-ethyl adjacent to an activating group) is 1. The number of hydrogen-bond acceptors (Lipinski definition) is 2. The smallest absolute Gasteiger partial charge is 0.307 e. The third-order valence-corrected chi connectivity index (χ3v) is 3.80. The van der Waals surface area contributed by atoms with Gasteiger partial charge in [0.25, 0.3) is 0 Å². The molecule has 5 heteroatoms. The van der Waals surface area contributed by atoms with Crippen molar-refractivity contribution in [3.63, 3.8) is 0 Å². The second kappa shape index (κ2) is 5.57. The SMILES string of the molecule is CC1CCCC(CNCC(F)(F)F)(N(C)C)C1. The van der Waals surface area contributed by atoms with E-state index in [4.69, 9.17) is 0 Å². The minimum Gasteiger partial charge on any atom is -0.307 e. The van der Waals surface area contributed by atoms with Crippen molar-refractivity contribution in [3.8, 4) is 0 Å². The zero-order valence-electron chi connectivity index (χ0n) is 10.9. The van der Waals surface area contributed by atoms with Crippen molar-refractivity contribution in [1.82, 2.24) is 10.2 Å². The maximum atomic E-state index is 12.1. The molecule has 1 fully saturated rings. The van der Waals surface area contributed by atoms with Crippen LogP contribution in [0.3, 0.4) is 0 Å². The van der Waals surface area contributed by atoms with Gasteiger partial charge in [0.1, 0.15) is 0 Å². The lowest BCUT2D eigenvalue weighted by atomic mass is 9.75. The van der Waals surface area contributed by atoms with Gasteiger partial charge in [-0.1, -0.05) is 19.8 Å². The maximum Gasteiger partial charge on any atom is 0.401 e.